The standard InChI is InChI=1S/C18H12ClFN4O2/c1-10-5-6-12(8-14(10)20)18-23-22-16(25-18)9-15-21-17(24-26-15)11-3-2-4-13(19)7-11/h2-8H,9H2,1H3. The van der Waals surface area contributed by atoms with Crippen molar-refractivity contribution in [2.75, 3.05) is 0 Å². The van der Waals surface area contributed by atoms with Crippen molar-refractivity contribution in [3.05, 3.63) is 70.6 Å². The van der Waals surface area contributed by atoms with Gasteiger partial charge in [-0.1, -0.05) is 35.0 Å². The van der Waals surface area contributed by atoms with Crippen molar-refractivity contribution in [3.8, 4) is 22.8 Å². The van der Waals surface area contributed by atoms with Crippen LogP contribution in [0.15, 0.2) is 51.4 Å². The largest absolute Gasteiger partial charge is 0.420 e. The molecule has 130 valence electrons. The quantitative estimate of drug-likeness (QED) is 0.527. The van der Waals surface area contributed by atoms with Gasteiger partial charge in [-0.25, -0.2) is 4.39 Å². The number of hydrogen-bond donors (Lipinski definition) is 0. The van der Waals surface area contributed by atoms with Crippen molar-refractivity contribution < 1.29 is 13.3 Å². The lowest BCUT2D eigenvalue weighted by molar-refractivity contribution is 0.374. The fraction of sp³-hybridized carbons (Fsp3) is 0.111. The van der Waals surface area contributed by atoms with E-state index in [0.717, 1.165) is 5.56 Å². The molecular formula is C18H12ClFN4O2. The first-order chi connectivity index (χ1) is 12.6. The summed E-state index contributed by atoms with van der Waals surface area (Å²) < 4.78 is 24.5. The van der Waals surface area contributed by atoms with Crippen molar-refractivity contribution in [2.45, 2.75) is 13.3 Å². The van der Waals surface area contributed by atoms with Gasteiger partial charge in [0.1, 0.15) is 12.2 Å². The average molecular weight is 371 g/mol. The van der Waals surface area contributed by atoms with Gasteiger partial charge in [0.2, 0.25) is 23.5 Å². The van der Waals surface area contributed by atoms with Crippen LogP contribution in [0.5, 0.6) is 0 Å². The van der Waals surface area contributed by atoms with Gasteiger partial charge in [0.05, 0.1) is 0 Å². The Labute approximate surface area is 152 Å². The maximum atomic E-state index is 13.7. The second kappa shape index (κ2) is 6.68. The van der Waals surface area contributed by atoms with Crippen molar-refractivity contribution in [1.29, 1.82) is 0 Å². The number of hydrogen-bond acceptors (Lipinski definition) is 6. The molecule has 0 spiro atoms. The monoisotopic (exact) mass is 370 g/mol. The second-order valence-electron chi connectivity index (χ2n) is 5.66. The van der Waals surface area contributed by atoms with E-state index in [2.05, 4.69) is 20.3 Å². The normalized spacial score (nSPS) is 11.0. The highest BCUT2D eigenvalue weighted by molar-refractivity contribution is 6.30. The SMILES string of the molecule is Cc1ccc(-c2nnc(Cc3nc(-c4cccc(Cl)c4)no3)o2)cc1F. The molecule has 6 nitrogen and oxygen atoms in total. The molecule has 0 aliphatic rings. The summed E-state index contributed by atoms with van der Waals surface area (Å²) >= 11 is 5.97. The van der Waals surface area contributed by atoms with Gasteiger partial charge in [-0.3, -0.25) is 0 Å². The van der Waals surface area contributed by atoms with E-state index >= 15 is 0 Å². The van der Waals surface area contributed by atoms with E-state index in [9.17, 15) is 4.39 Å². The minimum Gasteiger partial charge on any atom is -0.420 e. The van der Waals surface area contributed by atoms with E-state index in [0.29, 0.717) is 33.8 Å². The molecule has 0 atom stereocenters. The molecule has 8 heteroatoms. The predicted molar refractivity (Wildman–Crippen MR) is 92.0 cm³/mol. The van der Waals surface area contributed by atoms with Gasteiger partial charge in [0.25, 0.3) is 0 Å². The van der Waals surface area contributed by atoms with Crippen LogP contribution in [0.1, 0.15) is 17.3 Å². The van der Waals surface area contributed by atoms with Crippen LogP contribution in [-0.2, 0) is 6.42 Å². The van der Waals surface area contributed by atoms with Gasteiger partial charge in [-0.15, -0.1) is 10.2 Å². The van der Waals surface area contributed by atoms with Gasteiger partial charge >= 0.3 is 0 Å². The number of benzene rings is 2. The van der Waals surface area contributed by atoms with Crippen LogP contribution in [-0.4, -0.2) is 20.3 Å². The highest BCUT2D eigenvalue weighted by Crippen LogP contribution is 2.23. The Hall–Kier alpha value is -3.06. The molecule has 0 saturated carbocycles. The number of rotatable bonds is 4. The minimum absolute atomic E-state index is 0.176. The Kier molecular flexibility index (Phi) is 4.22. The molecule has 0 fully saturated rings. The predicted octanol–water partition coefficient (Wildman–Crippen LogP) is 4.48. The molecule has 2 heterocycles. The van der Waals surface area contributed by atoms with E-state index in [1.165, 1.54) is 6.07 Å². The highest BCUT2D eigenvalue weighted by Gasteiger charge is 2.15. The van der Waals surface area contributed by atoms with Crippen molar-refractivity contribution >= 4 is 11.6 Å². The van der Waals surface area contributed by atoms with Gasteiger partial charge in [-0.2, -0.15) is 4.98 Å². The molecular weight excluding hydrogens is 359 g/mol. The van der Waals surface area contributed by atoms with Crippen molar-refractivity contribution in [2.24, 2.45) is 0 Å². The van der Waals surface area contributed by atoms with Crippen LogP contribution < -0.4 is 0 Å². The fourth-order valence-electron chi connectivity index (χ4n) is 2.37. The Morgan fingerprint density at radius 3 is 2.73 bits per heavy atom. The highest BCUT2D eigenvalue weighted by atomic mass is 35.5. The zero-order valence-electron chi connectivity index (χ0n) is 13.6. The molecule has 2 aromatic carbocycles. The van der Waals surface area contributed by atoms with Crippen LogP contribution in [0.3, 0.4) is 0 Å². The average Bonchev–Trinajstić information content (AvgIpc) is 3.28. The summed E-state index contributed by atoms with van der Waals surface area (Å²) in [5, 5.41) is 12.4. The van der Waals surface area contributed by atoms with E-state index < -0.39 is 0 Å². The zero-order valence-corrected chi connectivity index (χ0v) is 14.4. The Bertz CT molecular complexity index is 1080. The van der Waals surface area contributed by atoms with E-state index in [-0.39, 0.29) is 18.1 Å². The Morgan fingerprint density at radius 1 is 1.04 bits per heavy atom. The molecule has 4 rings (SSSR count). The summed E-state index contributed by atoms with van der Waals surface area (Å²) in [6.45, 7) is 1.69. The first-order valence-electron chi connectivity index (χ1n) is 7.76. The molecule has 0 radical (unpaired) electrons. The van der Waals surface area contributed by atoms with E-state index in [1.54, 1.807) is 37.3 Å². The molecule has 0 amide bonds. The van der Waals surface area contributed by atoms with Crippen LogP contribution in [0.25, 0.3) is 22.8 Å². The molecule has 0 bridgehead atoms. The zero-order chi connectivity index (χ0) is 18.1. The first kappa shape index (κ1) is 16.4. The molecule has 0 unspecified atom stereocenters. The maximum absolute atomic E-state index is 13.7. The number of aromatic nitrogens is 4. The topological polar surface area (TPSA) is 77.8 Å². The van der Waals surface area contributed by atoms with Crippen molar-refractivity contribution in [1.82, 2.24) is 20.3 Å². The van der Waals surface area contributed by atoms with E-state index in [4.69, 9.17) is 20.5 Å². The minimum atomic E-state index is -0.328. The molecule has 4 aromatic rings. The summed E-state index contributed by atoms with van der Waals surface area (Å²) in [5.74, 6) is 0.939. The van der Waals surface area contributed by atoms with Crippen molar-refractivity contribution in [3.63, 3.8) is 0 Å². The summed E-state index contributed by atoms with van der Waals surface area (Å²) in [6, 6.07) is 11.9. The van der Waals surface area contributed by atoms with Gasteiger partial charge in [0.15, 0.2) is 0 Å². The van der Waals surface area contributed by atoms with Crippen LogP contribution >= 0.6 is 11.6 Å². The number of aryl methyl sites for hydroxylation is 1. The summed E-state index contributed by atoms with van der Waals surface area (Å²) in [4.78, 5) is 4.30. The van der Waals surface area contributed by atoms with Gasteiger partial charge in [-0.05, 0) is 36.8 Å². The molecule has 0 N–H and O–H groups in total. The molecule has 2 aromatic heterocycles. The second-order valence-corrected chi connectivity index (χ2v) is 6.10. The van der Waals surface area contributed by atoms with Gasteiger partial charge < -0.3 is 8.94 Å². The van der Waals surface area contributed by atoms with E-state index in [1.807, 2.05) is 6.07 Å². The first-order valence-corrected chi connectivity index (χ1v) is 8.14. The van der Waals surface area contributed by atoms with Crippen LogP contribution in [0, 0.1) is 12.7 Å². The third-order valence-corrected chi connectivity index (χ3v) is 3.97. The van der Waals surface area contributed by atoms with Gasteiger partial charge in [0, 0.05) is 16.1 Å². The molecule has 26 heavy (non-hydrogen) atoms. The molecule has 0 aliphatic carbocycles. The molecule has 0 saturated heterocycles. The summed E-state index contributed by atoms with van der Waals surface area (Å²) in [5.41, 5.74) is 1.80. The Balaban J connectivity index is 1.53. The van der Waals surface area contributed by atoms with Crippen LogP contribution in [0.2, 0.25) is 5.02 Å². The maximum Gasteiger partial charge on any atom is 0.247 e. The lowest BCUT2D eigenvalue weighted by Gasteiger charge is -1.98. The van der Waals surface area contributed by atoms with Crippen LogP contribution in [0.4, 0.5) is 4.39 Å². The Morgan fingerprint density at radius 2 is 1.92 bits per heavy atom. The fourth-order valence-corrected chi connectivity index (χ4v) is 2.56. The number of halogens is 2. The smallest absolute Gasteiger partial charge is 0.247 e. The number of nitrogens with zero attached hydrogens (tertiary/aromatic N) is 4. The lowest BCUT2D eigenvalue weighted by Crippen LogP contribution is -1.89. The summed E-state index contributed by atoms with van der Waals surface area (Å²) in [6.07, 6.45) is 0.176. The summed E-state index contributed by atoms with van der Waals surface area (Å²) in [7, 11) is 0. The third kappa shape index (κ3) is 3.34. The molecule has 0 aliphatic heterocycles. The third-order valence-electron chi connectivity index (χ3n) is 3.74. The lowest BCUT2D eigenvalue weighted by atomic mass is 10.1.